The van der Waals surface area contributed by atoms with Gasteiger partial charge in [0.1, 0.15) is 10.6 Å². The molecular weight excluding hydrogens is 556 g/mol. The lowest BCUT2D eigenvalue weighted by atomic mass is 9.95. The van der Waals surface area contributed by atoms with Crippen LogP contribution in [0, 0.1) is 6.92 Å². The Morgan fingerprint density at radius 3 is 2.42 bits per heavy atom. The van der Waals surface area contributed by atoms with Crippen LogP contribution in [0.1, 0.15) is 59.7 Å². The van der Waals surface area contributed by atoms with Crippen LogP contribution in [0.5, 0.6) is 11.5 Å². The molecule has 1 N–H and O–H groups in total. The summed E-state index contributed by atoms with van der Waals surface area (Å²) in [4.78, 5) is 45.4. The van der Waals surface area contributed by atoms with Crippen molar-refractivity contribution in [2.24, 2.45) is 0 Å². The Morgan fingerprint density at radius 1 is 1.05 bits per heavy atom. The molecule has 1 aliphatic heterocycles. The summed E-state index contributed by atoms with van der Waals surface area (Å²) >= 11 is 6.96. The van der Waals surface area contributed by atoms with E-state index in [-0.39, 0.29) is 27.9 Å². The van der Waals surface area contributed by atoms with Crippen molar-refractivity contribution in [3.63, 3.8) is 0 Å². The molecule has 1 fully saturated rings. The van der Waals surface area contributed by atoms with Gasteiger partial charge in [0.25, 0.3) is 5.78 Å². The molecule has 11 heteroatoms. The molecule has 1 atom stereocenters. The fraction of sp³-hybridized carbons (Fsp3) is 0.310. The number of esters is 1. The largest absolute Gasteiger partial charge is 0.507 e. The molecule has 1 unspecified atom stereocenters. The monoisotopic (exact) mass is 584 g/mol. The minimum atomic E-state index is -1.07. The first kappa shape index (κ1) is 29.1. The highest BCUT2D eigenvalue weighted by Gasteiger charge is 2.48. The molecule has 2 aromatic carbocycles. The molecule has 1 saturated heterocycles. The Morgan fingerprint density at radius 2 is 1.77 bits per heavy atom. The van der Waals surface area contributed by atoms with Crippen molar-refractivity contribution in [3.8, 4) is 11.5 Å². The summed E-state index contributed by atoms with van der Waals surface area (Å²) in [7, 11) is 0. The maximum atomic E-state index is 13.5. The summed E-state index contributed by atoms with van der Waals surface area (Å²) < 4.78 is 16.8. The van der Waals surface area contributed by atoms with Crippen LogP contribution in [0.15, 0.2) is 48.0 Å². The van der Waals surface area contributed by atoms with E-state index in [0.29, 0.717) is 46.6 Å². The highest BCUT2D eigenvalue weighted by molar-refractivity contribution is 7.17. The number of aliphatic hydroxyl groups excluding tert-OH is 1. The average molecular weight is 585 g/mol. The molecule has 1 aliphatic rings. The van der Waals surface area contributed by atoms with Gasteiger partial charge in [-0.1, -0.05) is 35.9 Å². The molecule has 210 valence electrons. The summed E-state index contributed by atoms with van der Waals surface area (Å²) in [5.41, 5.74) is 1.01. The minimum absolute atomic E-state index is 0.118. The van der Waals surface area contributed by atoms with Gasteiger partial charge in [0, 0.05) is 10.6 Å². The second-order valence-electron chi connectivity index (χ2n) is 8.80. The third-order valence-corrected chi connectivity index (χ3v) is 7.45. The van der Waals surface area contributed by atoms with E-state index in [1.165, 1.54) is 4.90 Å². The standard InChI is InChI=1S/C29H29ClN2O7S/c1-5-14-39-20-13-10-18(15-21(20)37-6-2)23-22(24(33)17-8-11-19(30)12-9-17)25(34)27(35)32(23)29-31-16(4)26(40-29)28(36)38-7-3/h8-13,15,23,33H,5-7,14H2,1-4H3/b24-22+. The zero-order valence-corrected chi connectivity index (χ0v) is 24.1. The van der Waals surface area contributed by atoms with Crippen LogP contribution >= 0.6 is 22.9 Å². The minimum Gasteiger partial charge on any atom is -0.507 e. The van der Waals surface area contributed by atoms with Gasteiger partial charge in [0.05, 0.1) is 37.1 Å². The number of carbonyl (C=O) groups excluding carboxylic acids is 3. The van der Waals surface area contributed by atoms with Gasteiger partial charge in [-0.05, 0) is 69.2 Å². The van der Waals surface area contributed by atoms with E-state index in [1.807, 2.05) is 13.8 Å². The number of aromatic nitrogens is 1. The molecule has 1 aromatic heterocycles. The fourth-order valence-corrected chi connectivity index (χ4v) is 5.39. The van der Waals surface area contributed by atoms with Crippen molar-refractivity contribution in [2.75, 3.05) is 24.7 Å². The fourth-order valence-electron chi connectivity index (χ4n) is 4.27. The van der Waals surface area contributed by atoms with Crippen molar-refractivity contribution in [1.29, 1.82) is 0 Å². The molecule has 4 rings (SSSR count). The zero-order valence-electron chi connectivity index (χ0n) is 22.5. The SMILES string of the molecule is CCCOc1ccc(C2/C(=C(\O)c3ccc(Cl)cc3)C(=O)C(=O)N2c2nc(C)c(C(=O)OCC)s2)cc1OCC. The lowest BCUT2D eigenvalue weighted by molar-refractivity contribution is -0.132. The topological polar surface area (TPSA) is 115 Å². The molecule has 0 radical (unpaired) electrons. The van der Waals surface area contributed by atoms with Gasteiger partial charge in [-0.15, -0.1) is 0 Å². The molecule has 40 heavy (non-hydrogen) atoms. The van der Waals surface area contributed by atoms with Gasteiger partial charge in [0.15, 0.2) is 16.6 Å². The Balaban J connectivity index is 1.92. The van der Waals surface area contributed by atoms with Crippen LogP contribution < -0.4 is 14.4 Å². The molecule has 3 aromatic rings. The predicted molar refractivity (Wildman–Crippen MR) is 152 cm³/mol. The van der Waals surface area contributed by atoms with E-state index in [9.17, 15) is 19.5 Å². The summed E-state index contributed by atoms with van der Waals surface area (Å²) in [5.74, 6) is -1.80. The van der Waals surface area contributed by atoms with E-state index in [4.69, 9.17) is 25.8 Å². The third kappa shape index (κ3) is 5.68. The van der Waals surface area contributed by atoms with E-state index in [0.717, 1.165) is 17.8 Å². The maximum Gasteiger partial charge on any atom is 0.350 e. The molecule has 1 amide bonds. The molecule has 9 nitrogen and oxygen atoms in total. The number of benzene rings is 2. The third-order valence-electron chi connectivity index (χ3n) is 6.06. The predicted octanol–water partition coefficient (Wildman–Crippen LogP) is 6.10. The molecule has 2 heterocycles. The number of anilines is 1. The van der Waals surface area contributed by atoms with Gasteiger partial charge in [-0.2, -0.15) is 0 Å². The Labute approximate surface area is 241 Å². The van der Waals surface area contributed by atoms with Crippen LogP contribution in [-0.2, 0) is 14.3 Å². The first-order valence-corrected chi connectivity index (χ1v) is 14.0. The lowest BCUT2D eigenvalue weighted by Gasteiger charge is -2.24. The van der Waals surface area contributed by atoms with Gasteiger partial charge in [-0.3, -0.25) is 14.5 Å². The summed E-state index contributed by atoms with van der Waals surface area (Å²) in [6, 6.07) is 10.3. The summed E-state index contributed by atoms with van der Waals surface area (Å²) in [5, 5.41) is 11.9. The van der Waals surface area contributed by atoms with Crippen molar-refractivity contribution in [2.45, 2.75) is 40.2 Å². The molecular formula is C29H29ClN2O7S. The van der Waals surface area contributed by atoms with Gasteiger partial charge in [0.2, 0.25) is 0 Å². The second kappa shape index (κ2) is 12.5. The number of nitrogens with zero attached hydrogens (tertiary/aromatic N) is 2. The Bertz CT molecular complexity index is 1470. The highest BCUT2D eigenvalue weighted by atomic mass is 35.5. The molecule has 0 aliphatic carbocycles. The van der Waals surface area contributed by atoms with Crippen LogP contribution in [-0.4, -0.2) is 47.6 Å². The number of ether oxygens (including phenoxy) is 3. The summed E-state index contributed by atoms with van der Waals surface area (Å²) in [6.45, 7) is 8.13. The van der Waals surface area contributed by atoms with E-state index >= 15 is 0 Å². The van der Waals surface area contributed by atoms with Crippen molar-refractivity contribution in [3.05, 3.63) is 74.8 Å². The number of hydrogen-bond donors (Lipinski definition) is 1. The van der Waals surface area contributed by atoms with Crippen molar-refractivity contribution >= 4 is 51.5 Å². The Hall–Kier alpha value is -3.89. The number of Topliss-reactive ketones (excluding diaryl/α,β-unsaturated/α-hetero) is 1. The number of aliphatic hydroxyl groups is 1. The number of rotatable bonds is 10. The van der Waals surface area contributed by atoms with E-state index in [2.05, 4.69) is 4.98 Å². The van der Waals surface area contributed by atoms with Crippen LogP contribution in [0.2, 0.25) is 5.02 Å². The van der Waals surface area contributed by atoms with Crippen LogP contribution in [0.25, 0.3) is 5.76 Å². The van der Waals surface area contributed by atoms with E-state index < -0.39 is 23.7 Å². The lowest BCUT2D eigenvalue weighted by Crippen LogP contribution is -2.29. The first-order chi connectivity index (χ1) is 19.2. The molecule has 0 bridgehead atoms. The smallest absolute Gasteiger partial charge is 0.350 e. The second-order valence-corrected chi connectivity index (χ2v) is 10.2. The van der Waals surface area contributed by atoms with E-state index in [1.54, 1.807) is 56.3 Å². The number of amides is 1. The molecule has 0 spiro atoms. The van der Waals surface area contributed by atoms with Gasteiger partial charge >= 0.3 is 11.9 Å². The number of halogens is 1. The number of aryl methyl sites for hydroxylation is 1. The highest BCUT2D eigenvalue weighted by Crippen LogP contribution is 2.45. The summed E-state index contributed by atoms with van der Waals surface area (Å²) in [6.07, 6.45) is 0.792. The number of thiazole rings is 1. The Kier molecular flexibility index (Phi) is 9.11. The average Bonchev–Trinajstić information content (AvgIpc) is 3.44. The zero-order chi connectivity index (χ0) is 29.0. The van der Waals surface area contributed by atoms with Crippen molar-refractivity contribution < 1.29 is 33.7 Å². The van der Waals surface area contributed by atoms with Crippen molar-refractivity contribution in [1.82, 2.24) is 4.98 Å². The maximum absolute atomic E-state index is 13.5. The van der Waals surface area contributed by atoms with Crippen LogP contribution in [0.3, 0.4) is 0 Å². The van der Waals surface area contributed by atoms with Gasteiger partial charge in [-0.25, -0.2) is 9.78 Å². The first-order valence-electron chi connectivity index (χ1n) is 12.8. The number of ketones is 1. The quantitative estimate of drug-likeness (QED) is 0.132. The normalized spacial score (nSPS) is 16.3. The number of carbonyl (C=O) groups is 3. The van der Waals surface area contributed by atoms with Crippen LogP contribution in [0.4, 0.5) is 5.13 Å². The van der Waals surface area contributed by atoms with Gasteiger partial charge < -0.3 is 19.3 Å². The number of hydrogen-bond acceptors (Lipinski definition) is 9. The molecule has 0 saturated carbocycles.